The molecule has 0 amide bonds. The SMILES string of the molecule is CC(CCl)CS(=O)(=O)NCC1(C)CCCS1. The van der Waals surface area contributed by atoms with Crippen molar-refractivity contribution in [2.75, 3.05) is 23.9 Å². The van der Waals surface area contributed by atoms with Gasteiger partial charge in [-0.25, -0.2) is 13.1 Å². The number of rotatable bonds is 6. The summed E-state index contributed by atoms with van der Waals surface area (Å²) < 4.78 is 26.2. The summed E-state index contributed by atoms with van der Waals surface area (Å²) in [6, 6.07) is 0. The fraction of sp³-hybridized carbons (Fsp3) is 1.00. The maximum absolute atomic E-state index is 11.7. The number of alkyl halides is 1. The highest BCUT2D eigenvalue weighted by Gasteiger charge is 2.30. The standard InChI is InChI=1S/C10H20ClNO2S2/c1-9(6-11)7-16(13,14)12-8-10(2)4-3-5-15-10/h9,12H,3-8H2,1-2H3. The summed E-state index contributed by atoms with van der Waals surface area (Å²) in [4.78, 5) is 0. The molecule has 0 radical (unpaired) electrons. The zero-order valence-corrected chi connectivity index (χ0v) is 12.2. The van der Waals surface area contributed by atoms with E-state index in [4.69, 9.17) is 11.6 Å². The first-order valence-electron chi connectivity index (χ1n) is 5.54. The number of hydrogen-bond donors (Lipinski definition) is 1. The van der Waals surface area contributed by atoms with Crippen LogP contribution in [0.4, 0.5) is 0 Å². The summed E-state index contributed by atoms with van der Waals surface area (Å²) in [6.45, 7) is 4.51. The molecule has 1 aliphatic rings. The van der Waals surface area contributed by atoms with E-state index in [-0.39, 0.29) is 16.4 Å². The van der Waals surface area contributed by atoms with Crippen molar-refractivity contribution < 1.29 is 8.42 Å². The monoisotopic (exact) mass is 285 g/mol. The molecular formula is C10H20ClNO2S2. The lowest BCUT2D eigenvalue weighted by atomic mass is 10.1. The van der Waals surface area contributed by atoms with Crippen LogP contribution in [0.5, 0.6) is 0 Å². The molecule has 1 rings (SSSR count). The van der Waals surface area contributed by atoms with Gasteiger partial charge in [0.25, 0.3) is 0 Å². The quantitative estimate of drug-likeness (QED) is 0.760. The highest BCUT2D eigenvalue weighted by molar-refractivity contribution is 8.01. The first-order valence-corrected chi connectivity index (χ1v) is 8.71. The van der Waals surface area contributed by atoms with Gasteiger partial charge in [-0.15, -0.1) is 11.6 Å². The molecule has 0 aliphatic carbocycles. The lowest BCUT2D eigenvalue weighted by Crippen LogP contribution is -2.39. The maximum Gasteiger partial charge on any atom is 0.211 e. The zero-order chi connectivity index (χ0) is 12.2. The molecule has 1 fully saturated rings. The second-order valence-corrected chi connectivity index (χ2v) is 8.61. The number of sulfonamides is 1. The average Bonchev–Trinajstić information content (AvgIpc) is 2.63. The fourth-order valence-corrected chi connectivity index (χ4v) is 4.81. The van der Waals surface area contributed by atoms with Crippen molar-refractivity contribution in [3.8, 4) is 0 Å². The normalized spacial score (nSPS) is 28.2. The molecule has 1 N–H and O–H groups in total. The summed E-state index contributed by atoms with van der Waals surface area (Å²) in [5.41, 5.74) is 0. The number of hydrogen-bond acceptors (Lipinski definition) is 3. The van der Waals surface area contributed by atoms with E-state index >= 15 is 0 Å². The molecule has 96 valence electrons. The van der Waals surface area contributed by atoms with Crippen molar-refractivity contribution in [2.24, 2.45) is 5.92 Å². The Balaban J connectivity index is 2.41. The van der Waals surface area contributed by atoms with Gasteiger partial charge < -0.3 is 0 Å². The second kappa shape index (κ2) is 5.94. The second-order valence-electron chi connectivity index (χ2n) is 4.76. The van der Waals surface area contributed by atoms with Gasteiger partial charge in [-0.2, -0.15) is 11.8 Å². The van der Waals surface area contributed by atoms with Crippen LogP contribution in [-0.4, -0.2) is 37.1 Å². The summed E-state index contributed by atoms with van der Waals surface area (Å²) in [7, 11) is -3.17. The van der Waals surface area contributed by atoms with Gasteiger partial charge in [0.15, 0.2) is 0 Å². The Hall–Kier alpha value is 0.550. The molecule has 0 aromatic heterocycles. The Morgan fingerprint density at radius 1 is 1.56 bits per heavy atom. The first-order chi connectivity index (χ1) is 7.37. The van der Waals surface area contributed by atoms with E-state index in [1.54, 1.807) is 0 Å². The van der Waals surface area contributed by atoms with Gasteiger partial charge in [0.05, 0.1) is 5.75 Å². The maximum atomic E-state index is 11.7. The highest BCUT2D eigenvalue weighted by atomic mass is 35.5. The van der Waals surface area contributed by atoms with Crippen LogP contribution < -0.4 is 4.72 Å². The van der Waals surface area contributed by atoms with E-state index in [9.17, 15) is 8.42 Å². The van der Waals surface area contributed by atoms with Crippen LogP contribution in [0.2, 0.25) is 0 Å². The summed E-state index contributed by atoms with van der Waals surface area (Å²) in [5, 5.41) is 0. The van der Waals surface area contributed by atoms with Crippen LogP contribution >= 0.6 is 23.4 Å². The van der Waals surface area contributed by atoms with E-state index in [2.05, 4.69) is 11.6 Å². The van der Waals surface area contributed by atoms with Crippen LogP contribution in [-0.2, 0) is 10.0 Å². The van der Waals surface area contributed by atoms with E-state index in [1.807, 2.05) is 18.7 Å². The Bertz CT molecular complexity index is 313. The average molecular weight is 286 g/mol. The Kier molecular flexibility index (Phi) is 5.42. The molecule has 1 heterocycles. The van der Waals surface area contributed by atoms with Crippen molar-refractivity contribution in [1.29, 1.82) is 0 Å². The molecule has 0 spiro atoms. The Morgan fingerprint density at radius 3 is 2.75 bits per heavy atom. The predicted octanol–water partition coefficient (Wildman–Crippen LogP) is 2.07. The number of thioether (sulfide) groups is 1. The third kappa shape index (κ3) is 4.82. The van der Waals surface area contributed by atoms with Gasteiger partial charge in [0, 0.05) is 17.2 Å². The van der Waals surface area contributed by atoms with Crippen LogP contribution in [0, 0.1) is 5.92 Å². The summed E-state index contributed by atoms with van der Waals surface area (Å²) in [5.74, 6) is 1.64. The van der Waals surface area contributed by atoms with Gasteiger partial charge in [-0.3, -0.25) is 0 Å². The highest BCUT2D eigenvalue weighted by Crippen LogP contribution is 2.37. The Labute approximate surface area is 108 Å². The molecule has 1 saturated heterocycles. The van der Waals surface area contributed by atoms with Crippen LogP contribution in [0.3, 0.4) is 0 Å². The van der Waals surface area contributed by atoms with Crippen molar-refractivity contribution in [1.82, 2.24) is 4.72 Å². The van der Waals surface area contributed by atoms with E-state index in [1.165, 1.54) is 6.42 Å². The number of nitrogens with one attached hydrogen (secondary N) is 1. The molecule has 0 aromatic carbocycles. The molecule has 0 bridgehead atoms. The van der Waals surface area contributed by atoms with Crippen LogP contribution in [0.15, 0.2) is 0 Å². The minimum atomic E-state index is -3.17. The smallest absolute Gasteiger partial charge is 0.211 e. The van der Waals surface area contributed by atoms with Gasteiger partial charge >= 0.3 is 0 Å². The van der Waals surface area contributed by atoms with Gasteiger partial charge in [0.2, 0.25) is 10.0 Å². The van der Waals surface area contributed by atoms with E-state index in [0.717, 1.165) is 12.2 Å². The molecule has 3 nitrogen and oxygen atoms in total. The van der Waals surface area contributed by atoms with Crippen molar-refractivity contribution in [3.63, 3.8) is 0 Å². The van der Waals surface area contributed by atoms with Gasteiger partial charge in [-0.1, -0.05) is 6.92 Å². The molecule has 16 heavy (non-hydrogen) atoms. The van der Waals surface area contributed by atoms with E-state index in [0.29, 0.717) is 12.4 Å². The van der Waals surface area contributed by atoms with Crippen LogP contribution in [0.25, 0.3) is 0 Å². The predicted molar refractivity (Wildman–Crippen MR) is 71.8 cm³/mol. The first kappa shape index (κ1) is 14.6. The topological polar surface area (TPSA) is 46.2 Å². The molecule has 2 atom stereocenters. The Morgan fingerprint density at radius 2 is 2.25 bits per heavy atom. The largest absolute Gasteiger partial charge is 0.214 e. The fourth-order valence-electron chi connectivity index (χ4n) is 1.72. The van der Waals surface area contributed by atoms with Crippen LogP contribution in [0.1, 0.15) is 26.7 Å². The molecule has 2 unspecified atom stereocenters. The number of halogens is 1. The van der Waals surface area contributed by atoms with Crippen molar-refractivity contribution >= 4 is 33.4 Å². The molecular weight excluding hydrogens is 266 g/mol. The van der Waals surface area contributed by atoms with E-state index < -0.39 is 10.0 Å². The van der Waals surface area contributed by atoms with Gasteiger partial charge in [-0.05, 0) is 31.4 Å². The third-order valence-corrected chi connectivity index (χ3v) is 6.39. The van der Waals surface area contributed by atoms with Crippen molar-refractivity contribution in [3.05, 3.63) is 0 Å². The van der Waals surface area contributed by atoms with Gasteiger partial charge in [0.1, 0.15) is 0 Å². The molecule has 0 saturated carbocycles. The lowest BCUT2D eigenvalue weighted by Gasteiger charge is -2.23. The molecule has 6 heteroatoms. The van der Waals surface area contributed by atoms with Crippen molar-refractivity contribution in [2.45, 2.75) is 31.4 Å². The minimum absolute atomic E-state index is 0.00297. The third-order valence-electron chi connectivity index (χ3n) is 2.73. The summed E-state index contributed by atoms with van der Waals surface area (Å²) in [6.07, 6.45) is 2.27. The minimum Gasteiger partial charge on any atom is -0.214 e. The zero-order valence-electron chi connectivity index (χ0n) is 9.83. The molecule has 0 aromatic rings. The lowest BCUT2D eigenvalue weighted by molar-refractivity contribution is 0.544. The summed E-state index contributed by atoms with van der Waals surface area (Å²) >= 11 is 7.47. The molecule has 1 aliphatic heterocycles.